The second-order valence-electron chi connectivity index (χ2n) is 34.8. The van der Waals surface area contributed by atoms with Crippen LogP contribution < -0.4 is 11.1 Å². The molecule has 19 rings (SSSR count). The zero-order chi connectivity index (χ0) is 98.3. The molecule has 0 amide bonds. The maximum absolute atomic E-state index is 13.4. The number of carboxylic acids is 1. The lowest BCUT2D eigenvalue weighted by atomic mass is 9.82. The van der Waals surface area contributed by atoms with E-state index in [0.29, 0.717) is 119 Å². The lowest BCUT2D eigenvalue weighted by Crippen LogP contribution is -2.29. The third-order valence-corrected chi connectivity index (χ3v) is 26.2. The molecule has 20 nitrogen and oxygen atoms in total. The summed E-state index contributed by atoms with van der Waals surface area (Å²) in [7, 11) is 6.03. The van der Waals surface area contributed by atoms with E-state index in [-0.39, 0.29) is 54.0 Å². The summed E-state index contributed by atoms with van der Waals surface area (Å²) in [6, 6.07) is 71.5. The molecule has 6 unspecified atom stereocenters. The molecule has 1 saturated heterocycles. The highest BCUT2D eigenvalue weighted by Crippen LogP contribution is 2.54. The SMILES string of the molecule is [C-]#[N+]c1ccc2c(c1)COC2(CCC(=O)O)c1ccc(F)cc1.[C-]#[N+]c1ccc2c(c1)COC2(CCC1OCCO1)c1ccc(F)cc1.[C-]#[N+]c1ccc2c(c1)COC2(CCC=O)c1ccc(F)cc1.[C-]#[N+]c1ccc2c(c1)COC2(CCCN(C)C)c1ccc(F)cc1.[C-]#[N+]c1ccc2c(c1)COC2(CCCN)c1ccc(F)cc1.[C-]#[N+]c1ccc2c(c1)COC2(CCCNC)c1ccc(F)cc1. The molecular weight excluding hydrogens is 1770 g/mol. The van der Waals surface area contributed by atoms with E-state index < -0.39 is 39.6 Å². The number of halogens is 6. The first-order valence-electron chi connectivity index (χ1n) is 45.7. The molecule has 7 aliphatic rings. The molecule has 4 N–H and O–H groups in total. The molecule has 0 saturated carbocycles. The van der Waals surface area contributed by atoms with Crippen molar-refractivity contribution in [1.29, 1.82) is 0 Å². The van der Waals surface area contributed by atoms with Crippen LogP contribution in [-0.4, -0.2) is 82.5 Å². The van der Waals surface area contributed by atoms with Gasteiger partial charge in [0.25, 0.3) is 0 Å². The smallest absolute Gasteiger partial charge is 0.303 e. The summed E-state index contributed by atoms with van der Waals surface area (Å²) >= 11 is 0. The maximum atomic E-state index is 13.4. The average molecular weight is 1880 g/mol. The van der Waals surface area contributed by atoms with Crippen LogP contribution in [0.3, 0.4) is 0 Å². The molecule has 12 aromatic rings. The second-order valence-corrected chi connectivity index (χ2v) is 34.8. The van der Waals surface area contributed by atoms with Crippen LogP contribution >= 0.6 is 0 Å². The van der Waals surface area contributed by atoms with E-state index in [9.17, 15) is 35.9 Å². The third-order valence-electron chi connectivity index (χ3n) is 26.2. The van der Waals surface area contributed by atoms with Gasteiger partial charge in [0.05, 0.1) is 92.3 Å². The van der Waals surface area contributed by atoms with E-state index in [0.717, 1.165) is 158 Å². The van der Waals surface area contributed by atoms with Crippen LogP contribution in [0, 0.1) is 74.3 Å². The first-order chi connectivity index (χ1) is 67.4. The lowest BCUT2D eigenvalue weighted by molar-refractivity contribution is -0.138. The standard InChI is InChI=1S/C20H21FN2O.C20H18FNO3.C19H19FN2O.C18H17FN2O.C18H14FNO3.C18H14FNO2/c1-22-18-9-10-19-15(13-18)14-24-20(19,11-4-12-23(2)3)16-5-7-17(21)8-6-16;1-22-17-6-7-18-14(12-17)13-25-20(18,9-8-19-23-10-11-24-19)15-2-4-16(21)5-3-15;1-21-11-3-10-19(15-4-6-16(20)7-5-15)18-9-8-17(22-2)12-14(18)13-23-19;1-21-16-7-8-17-13(11-16)12-22-18(17,9-2-10-20)14-3-5-15(19)6-4-14;1-20-15-6-7-16-12(10-15)11-23-18(16,9-8-17(21)22)13-2-4-14(19)5-3-13;1-20-16-7-8-17-13(11-16)12-22-18(17,9-2-10-21)14-3-5-15(19)6-4-14/h5-10,13H,4,11-12,14H2,2-3H3;2-7,12,19H,8-11,13H2;4-9,12,21H,3,10-11,13H2,1H3;3-8,11H,2,9-10,12,20H2;2-7,10H,8-9,11H2,(H,21,22);3-8,10-11H,2,9,12H2. The number of carboxylic acid groups (broad SMARTS) is 1. The van der Waals surface area contributed by atoms with Gasteiger partial charge in [-0.25, -0.2) is 55.4 Å². The Morgan fingerprint density at radius 2 is 0.619 bits per heavy atom. The van der Waals surface area contributed by atoms with E-state index >= 15 is 0 Å². The number of nitrogens with one attached hydrogen (secondary N) is 1. The van der Waals surface area contributed by atoms with Crippen LogP contribution in [0.4, 0.5) is 60.5 Å². The summed E-state index contributed by atoms with van der Waals surface area (Å²) in [5, 5.41) is 12.2. The monoisotopic (exact) mass is 1880 g/mol. The minimum Gasteiger partial charge on any atom is -0.481 e. The highest BCUT2D eigenvalue weighted by molar-refractivity contribution is 5.68. The first kappa shape index (κ1) is 101. The molecule has 1 fully saturated rings. The summed E-state index contributed by atoms with van der Waals surface area (Å²) < 4.78 is 128. The Morgan fingerprint density at radius 1 is 0.374 bits per heavy atom. The van der Waals surface area contributed by atoms with E-state index in [1.165, 1.54) is 72.8 Å². The number of aliphatic carboxylic acids is 1. The van der Waals surface area contributed by atoms with Crippen LogP contribution in [0.2, 0.25) is 0 Å². The summed E-state index contributed by atoms with van der Waals surface area (Å²) in [6.45, 7) is 49.1. The molecule has 708 valence electrons. The molecule has 7 heterocycles. The van der Waals surface area contributed by atoms with Gasteiger partial charge in [-0.3, -0.25) is 4.79 Å². The molecule has 0 spiro atoms. The minimum absolute atomic E-state index is 0.0681. The number of rotatable bonds is 26. The van der Waals surface area contributed by atoms with Crippen molar-refractivity contribution in [2.75, 3.05) is 54.0 Å². The third kappa shape index (κ3) is 22.5. The zero-order valence-electron chi connectivity index (χ0n) is 77.2. The average Bonchev–Trinajstić information content (AvgIpc) is 1.64. The van der Waals surface area contributed by atoms with Gasteiger partial charge in [0.2, 0.25) is 0 Å². The van der Waals surface area contributed by atoms with Gasteiger partial charge in [0.15, 0.2) is 40.4 Å². The van der Waals surface area contributed by atoms with Crippen LogP contribution in [0.1, 0.15) is 177 Å². The van der Waals surface area contributed by atoms with E-state index in [4.69, 9.17) is 88.2 Å². The molecule has 0 aliphatic carbocycles. The van der Waals surface area contributed by atoms with Gasteiger partial charge in [0, 0.05) is 19.3 Å². The summed E-state index contributed by atoms with van der Waals surface area (Å²) in [6.07, 6.45) is 8.08. The Balaban J connectivity index is 0.000000133. The fourth-order valence-corrected chi connectivity index (χ4v) is 19.5. The fraction of sp³-hybridized carbons (Fsp3) is 0.292. The predicted molar refractivity (Wildman–Crippen MR) is 514 cm³/mol. The normalized spacial score (nSPS) is 20.0. The van der Waals surface area contributed by atoms with Gasteiger partial charge in [-0.15, -0.1) is 0 Å². The summed E-state index contributed by atoms with van der Waals surface area (Å²) in [4.78, 5) is 44.8. The van der Waals surface area contributed by atoms with Gasteiger partial charge < -0.3 is 63.7 Å². The topological polar surface area (TPSA) is 196 Å². The Hall–Kier alpha value is -14.1. The highest BCUT2D eigenvalue weighted by Gasteiger charge is 2.48. The van der Waals surface area contributed by atoms with Crippen molar-refractivity contribution in [3.63, 3.8) is 0 Å². The van der Waals surface area contributed by atoms with Gasteiger partial charge in [-0.1, -0.05) is 182 Å². The van der Waals surface area contributed by atoms with Gasteiger partial charge in [0.1, 0.15) is 74.8 Å². The predicted octanol–water partition coefficient (Wildman–Crippen LogP) is 25.0. The van der Waals surface area contributed by atoms with Gasteiger partial charge in [-0.2, -0.15) is 0 Å². The minimum atomic E-state index is -0.915. The number of nitrogens with two attached hydrogens (primary N) is 1. The second kappa shape index (κ2) is 45.9. The van der Waals surface area contributed by atoms with Crippen molar-refractivity contribution in [1.82, 2.24) is 10.2 Å². The Bertz CT molecular complexity index is 6630. The molecule has 0 bridgehead atoms. The van der Waals surface area contributed by atoms with E-state index in [1.807, 2.05) is 92.0 Å². The first-order valence-corrected chi connectivity index (χ1v) is 45.7. The van der Waals surface area contributed by atoms with Gasteiger partial charge >= 0.3 is 5.97 Å². The molecule has 0 aromatic heterocycles. The van der Waals surface area contributed by atoms with Crippen molar-refractivity contribution >= 4 is 46.4 Å². The van der Waals surface area contributed by atoms with Crippen LogP contribution in [-0.2, 0) is 121 Å². The number of nitrogens with zero attached hydrogens (tertiary/aromatic N) is 7. The Morgan fingerprint density at radius 3 is 0.856 bits per heavy atom. The number of carbonyl (C=O) groups excluding carboxylic acids is 1. The molecule has 7 aliphatic heterocycles. The molecule has 6 atom stereocenters. The largest absolute Gasteiger partial charge is 0.481 e. The number of aldehydes is 1. The van der Waals surface area contributed by atoms with Crippen molar-refractivity contribution < 1.29 is 78.9 Å². The quantitative estimate of drug-likeness (QED) is 0.0200. The van der Waals surface area contributed by atoms with Gasteiger partial charge in [-0.05, 0) is 272 Å². The molecule has 139 heavy (non-hydrogen) atoms. The zero-order valence-corrected chi connectivity index (χ0v) is 77.2. The molecular formula is C113H103F6N9O11. The number of benzene rings is 12. The van der Waals surface area contributed by atoms with Crippen LogP contribution in [0.25, 0.3) is 29.1 Å². The maximum Gasteiger partial charge on any atom is 0.303 e. The Labute approximate surface area is 805 Å². The van der Waals surface area contributed by atoms with Crippen molar-refractivity contribution in [2.24, 2.45) is 5.73 Å². The van der Waals surface area contributed by atoms with Crippen LogP contribution in [0.5, 0.6) is 0 Å². The number of hydrogen-bond acceptors (Lipinski definition) is 13. The van der Waals surface area contributed by atoms with E-state index in [1.54, 1.807) is 97.1 Å². The Kier molecular flexibility index (Phi) is 33.3. The van der Waals surface area contributed by atoms with Crippen molar-refractivity contribution in [3.8, 4) is 0 Å². The number of ether oxygens (including phenoxy) is 8. The fourth-order valence-electron chi connectivity index (χ4n) is 19.5. The molecule has 0 radical (unpaired) electrons. The summed E-state index contributed by atoms with van der Waals surface area (Å²) in [5.74, 6) is -2.62. The van der Waals surface area contributed by atoms with Crippen molar-refractivity contribution in [3.05, 3.63) is 458 Å². The van der Waals surface area contributed by atoms with E-state index in [2.05, 4.69) is 53.4 Å². The number of fused-ring (bicyclic) bond motifs is 6. The molecule has 26 heteroatoms. The molecule has 12 aromatic carbocycles. The summed E-state index contributed by atoms with van der Waals surface area (Å²) in [5.41, 5.74) is 22.5. The highest BCUT2D eigenvalue weighted by atomic mass is 19.1. The number of carbonyl (C=O) groups is 2. The number of hydrogen-bond donors (Lipinski definition) is 3. The van der Waals surface area contributed by atoms with Crippen molar-refractivity contribution in [2.45, 2.75) is 157 Å². The van der Waals surface area contributed by atoms with Crippen LogP contribution in [0.15, 0.2) is 255 Å². The lowest BCUT2D eigenvalue weighted by Gasteiger charge is -2.31.